The first kappa shape index (κ1) is 21.8. The monoisotopic (exact) mass is 425 g/mol. The highest BCUT2D eigenvalue weighted by Gasteiger charge is 2.49. The fraction of sp³-hybridized carbons (Fsp3) is 0.632. The molecule has 1 saturated heterocycles. The summed E-state index contributed by atoms with van der Waals surface area (Å²) < 4.78 is 11.1. The van der Waals surface area contributed by atoms with Crippen molar-refractivity contribution in [1.29, 1.82) is 0 Å². The van der Waals surface area contributed by atoms with Gasteiger partial charge in [0.05, 0.1) is 10.9 Å². The molecule has 3 rings (SSSR count). The van der Waals surface area contributed by atoms with E-state index in [9.17, 15) is 19.8 Å². The van der Waals surface area contributed by atoms with Crippen molar-refractivity contribution in [2.75, 3.05) is 11.5 Å². The van der Waals surface area contributed by atoms with Crippen molar-refractivity contribution in [3.8, 4) is 0 Å². The number of thioether (sulfide) groups is 1. The molecular formula is C19H27N3O6S. The molecule has 10 heteroatoms. The Kier molecular flexibility index (Phi) is 5.83. The summed E-state index contributed by atoms with van der Waals surface area (Å²) in [5.74, 6) is -0.0240. The van der Waals surface area contributed by atoms with Gasteiger partial charge in [-0.2, -0.15) is 0 Å². The number of H-pyrrole nitrogens is 1. The number of aromatic nitrogens is 2. The zero-order valence-corrected chi connectivity index (χ0v) is 17.9. The lowest BCUT2D eigenvalue weighted by Gasteiger charge is -2.28. The number of anilines is 1. The molecule has 0 spiro atoms. The van der Waals surface area contributed by atoms with E-state index in [0.29, 0.717) is 21.6 Å². The summed E-state index contributed by atoms with van der Waals surface area (Å²) in [5, 5.41) is 21.4. The van der Waals surface area contributed by atoms with Crippen LogP contribution in [0.25, 0.3) is 0 Å². The molecule has 1 aromatic heterocycles. The Morgan fingerprint density at radius 3 is 2.69 bits per heavy atom. The first-order valence-electron chi connectivity index (χ1n) is 9.37. The van der Waals surface area contributed by atoms with Crippen LogP contribution in [0.15, 0.2) is 21.3 Å². The number of aliphatic hydroxyl groups is 2. The summed E-state index contributed by atoms with van der Waals surface area (Å²) in [5.41, 5.74) is -0.574. The highest BCUT2D eigenvalue weighted by Crippen LogP contribution is 2.45. The van der Waals surface area contributed by atoms with E-state index < -0.39 is 30.5 Å². The third-order valence-corrected chi connectivity index (χ3v) is 6.33. The smallest absolute Gasteiger partial charge is 0.309 e. The third-order valence-electron chi connectivity index (χ3n) is 5.33. The second-order valence-electron chi connectivity index (χ2n) is 8.43. The molecule has 3 N–H and O–H groups in total. The summed E-state index contributed by atoms with van der Waals surface area (Å²) in [6, 6.07) is 0. The molecule has 0 saturated carbocycles. The largest absolute Gasteiger partial charge is 0.463 e. The van der Waals surface area contributed by atoms with Gasteiger partial charge in [-0.05, 0) is 12.3 Å². The zero-order chi connectivity index (χ0) is 21.7. The number of hydrogen-bond donors (Lipinski definition) is 3. The lowest BCUT2D eigenvalue weighted by molar-refractivity contribution is -0.156. The van der Waals surface area contributed by atoms with Gasteiger partial charge >= 0.3 is 5.97 Å². The summed E-state index contributed by atoms with van der Waals surface area (Å²) in [4.78, 5) is 33.2. The average Bonchev–Trinajstić information content (AvgIpc) is 3.08. The van der Waals surface area contributed by atoms with Gasteiger partial charge in [0.15, 0.2) is 12.0 Å². The number of nitrogens with one attached hydrogen (secondary N) is 1. The molecule has 1 fully saturated rings. The number of carbonyl (C=O) groups is 1. The Morgan fingerprint density at radius 1 is 1.41 bits per heavy atom. The molecule has 0 aromatic carbocycles. The first-order valence-corrected chi connectivity index (χ1v) is 10.2. The molecule has 29 heavy (non-hydrogen) atoms. The number of hydrogen-bond acceptors (Lipinski definition) is 9. The van der Waals surface area contributed by atoms with Gasteiger partial charge < -0.3 is 24.7 Å². The van der Waals surface area contributed by atoms with Crippen molar-refractivity contribution in [1.82, 2.24) is 9.97 Å². The molecule has 0 unspecified atom stereocenters. The van der Waals surface area contributed by atoms with Crippen LogP contribution in [0.2, 0.25) is 0 Å². The molecule has 0 amide bonds. The Labute approximate surface area is 173 Å². The minimum atomic E-state index is -1.30. The maximum Gasteiger partial charge on any atom is 0.309 e. The van der Waals surface area contributed by atoms with Crippen molar-refractivity contribution in [2.45, 2.75) is 64.1 Å². The molecule has 2 aliphatic rings. The van der Waals surface area contributed by atoms with E-state index >= 15 is 0 Å². The molecule has 0 bridgehead atoms. The van der Waals surface area contributed by atoms with E-state index in [1.165, 1.54) is 4.90 Å². The Hall–Kier alpha value is -1.88. The molecule has 0 radical (unpaired) electrons. The zero-order valence-electron chi connectivity index (χ0n) is 17.1. The number of rotatable bonds is 4. The number of aliphatic hydroxyl groups excluding tert-OH is 2. The number of nitrogens with zero attached hydrogens (tertiary/aromatic N) is 2. The van der Waals surface area contributed by atoms with Crippen molar-refractivity contribution in [3.05, 3.63) is 27.8 Å². The van der Waals surface area contributed by atoms with Crippen LogP contribution in [0.1, 0.15) is 33.5 Å². The van der Waals surface area contributed by atoms with Crippen LogP contribution >= 0.6 is 11.8 Å². The highest BCUT2D eigenvalue weighted by atomic mass is 32.2. The number of esters is 1. The number of aryl methyl sites for hydroxylation is 1. The normalized spacial score (nSPS) is 27.8. The number of aromatic amines is 1. The Balaban J connectivity index is 1.75. The van der Waals surface area contributed by atoms with Gasteiger partial charge in [0.2, 0.25) is 0 Å². The summed E-state index contributed by atoms with van der Waals surface area (Å²) in [6.07, 6.45) is -4.51. The molecular weight excluding hydrogens is 398 g/mol. The summed E-state index contributed by atoms with van der Waals surface area (Å²) in [6.45, 7) is 12.9. The van der Waals surface area contributed by atoms with Crippen LogP contribution in [0.5, 0.6) is 0 Å². The van der Waals surface area contributed by atoms with E-state index in [1.807, 2.05) is 20.8 Å². The van der Waals surface area contributed by atoms with Gasteiger partial charge in [0.25, 0.3) is 5.56 Å². The molecule has 3 heterocycles. The maximum atomic E-state index is 12.3. The Morgan fingerprint density at radius 2 is 2.07 bits per heavy atom. The second kappa shape index (κ2) is 7.75. The van der Waals surface area contributed by atoms with E-state index in [1.54, 1.807) is 13.8 Å². The van der Waals surface area contributed by atoms with Crippen LogP contribution < -0.4 is 10.5 Å². The van der Waals surface area contributed by atoms with Gasteiger partial charge in [-0.1, -0.05) is 46.0 Å². The predicted molar refractivity (Wildman–Crippen MR) is 107 cm³/mol. The van der Waals surface area contributed by atoms with E-state index in [4.69, 9.17) is 9.47 Å². The van der Waals surface area contributed by atoms with Crippen molar-refractivity contribution < 1.29 is 24.5 Å². The van der Waals surface area contributed by atoms with Crippen molar-refractivity contribution >= 4 is 23.5 Å². The van der Waals surface area contributed by atoms with Crippen LogP contribution in [0.4, 0.5) is 5.82 Å². The fourth-order valence-corrected chi connectivity index (χ4v) is 3.99. The van der Waals surface area contributed by atoms with Crippen LogP contribution in [-0.2, 0) is 14.3 Å². The van der Waals surface area contributed by atoms with Crippen LogP contribution in [0, 0.1) is 18.3 Å². The standard InChI is InChI=1S/C19H27N3O6S/c1-8(19(4,5)6)18(26)27-7-11-12(23)13(24)17(28-11)22-10(3)29-14-15(22)20-9(2)21-16(14)25/h8,11-13,17,23-24H,3,7H2,1-2,4-6H3,(H,20,21,25)/t8-,11-,12-,13-,17-/m1/s1. The predicted octanol–water partition coefficient (Wildman–Crippen LogP) is 1.13. The summed E-state index contributed by atoms with van der Waals surface area (Å²) >= 11 is 1.12. The van der Waals surface area contributed by atoms with Gasteiger partial charge in [-0.15, -0.1) is 0 Å². The van der Waals surface area contributed by atoms with Crippen molar-refractivity contribution in [2.24, 2.45) is 11.3 Å². The van der Waals surface area contributed by atoms with Gasteiger partial charge in [-0.3, -0.25) is 14.5 Å². The molecule has 0 aliphatic carbocycles. The van der Waals surface area contributed by atoms with Gasteiger partial charge in [0, 0.05) is 0 Å². The van der Waals surface area contributed by atoms with Crippen LogP contribution in [0.3, 0.4) is 0 Å². The molecule has 9 nitrogen and oxygen atoms in total. The Bertz CT molecular complexity index is 880. The van der Waals surface area contributed by atoms with Crippen LogP contribution in [-0.4, -0.2) is 57.3 Å². The first-order chi connectivity index (χ1) is 13.4. The van der Waals surface area contributed by atoms with E-state index in [-0.39, 0.29) is 23.5 Å². The summed E-state index contributed by atoms with van der Waals surface area (Å²) in [7, 11) is 0. The van der Waals surface area contributed by atoms with E-state index in [2.05, 4.69) is 16.5 Å². The minimum Gasteiger partial charge on any atom is -0.463 e. The number of carbonyl (C=O) groups excluding carboxylic acids is 1. The SMILES string of the molecule is C=C1Sc2c(nc(C)[nH]c2=O)N1[C@@H]1O[C@H](COC(=O)[C@@H](C)C(C)(C)C)[C@@H](O)[C@H]1O. The average molecular weight is 426 g/mol. The molecule has 1 aromatic rings. The second-order valence-corrected chi connectivity index (χ2v) is 9.52. The molecule has 5 atom stereocenters. The lowest BCUT2D eigenvalue weighted by Crippen LogP contribution is -2.42. The molecule has 2 aliphatic heterocycles. The third kappa shape index (κ3) is 4.07. The highest BCUT2D eigenvalue weighted by molar-refractivity contribution is 8.03. The van der Waals surface area contributed by atoms with E-state index in [0.717, 1.165) is 11.8 Å². The topological polar surface area (TPSA) is 125 Å². The quantitative estimate of drug-likeness (QED) is 0.609. The number of fused-ring (bicyclic) bond motifs is 1. The van der Waals surface area contributed by atoms with Gasteiger partial charge in [0.1, 0.15) is 35.6 Å². The minimum absolute atomic E-state index is 0.198. The lowest BCUT2D eigenvalue weighted by atomic mass is 9.82. The van der Waals surface area contributed by atoms with Gasteiger partial charge in [-0.25, -0.2) is 4.98 Å². The van der Waals surface area contributed by atoms with Crippen molar-refractivity contribution in [3.63, 3.8) is 0 Å². The molecule has 160 valence electrons. The maximum absolute atomic E-state index is 12.3. The fourth-order valence-electron chi connectivity index (χ4n) is 3.09. The number of ether oxygens (including phenoxy) is 2.